The summed E-state index contributed by atoms with van der Waals surface area (Å²) in [7, 11) is 0. The standard InChI is InChI=1S/C29H25F3N4O4/c1-17-3-2-4-18(13-17)16-33-28(39)36-25(19-5-6-19)15-24(35-36)23-14-21(9-12-26(23)37)34-27(38)20-7-10-22(11-8-20)40-29(30,31)32/h2-4,7-15,19,37H,5-6,16H2,1H3,(H,33,39)(H,34,38). The Kier molecular flexibility index (Phi) is 7.20. The van der Waals surface area contributed by atoms with Crippen molar-refractivity contribution in [3.8, 4) is 22.8 Å². The van der Waals surface area contributed by atoms with Crippen LogP contribution in [0.5, 0.6) is 11.5 Å². The van der Waals surface area contributed by atoms with Gasteiger partial charge >= 0.3 is 12.4 Å². The number of nitrogens with zero attached hydrogens (tertiary/aromatic N) is 2. The van der Waals surface area contributed by atoms with E-state index in [9.17, 15) is 27.9 Å². The topological polar surface area (TPSA) is 105 Å². The molecule has 1 aromatic heterocycles. The van der Waals surface area contributed by atoms with E-state index in [1.807, 2.05) is 31.2 Å². The molecule has 8 nitrogen and oxygen atoms in total. The molecule has 1 fully saturated rings. The lowest BCUT2D eigenvalue weighted by atomic mass is 10.1. The van der Waals surface area contributed by atoms with Crippen LogP contribution in [0.15, 0.2) is 72.8 Å². The number of benzene rings is 3. The number of phenols is 1. The number of amides is 2. The summed E-state index contributed by atoms with van der Waals surface area (Å²) in [4.78, 5) is 25.7. The SMILES string of the molecule is Cc1cccc(CNC(=O)n2nc(-c3cc(NC(=O)c4ccc(OC(F)(F)F)cc4)ccc3O)cc2C2CC2)c1. The highest BCUT2D eigenvalue weighted by molar-refractivity contribution is 6.04. The summed E-state index contributed by atoms with van der Waals surface area (Å²) in [5.74, 6) is -0.935. The van der Waals surface area contributed by atoms with Gasteiger partial charge in [0.2, 0.25) is 0 Å². The van der Waals surface area contributed by atoms with Crippen molar-refractivity contribution < 1.29 is 32.6 Å². The number of aryl methyl sites for hydroxylation is 1. The number of phenolic OH excluding ortho intramolecular Hbond substituents is 1. The zero-order valence-corrected chi connectivity index (χ0v) is 21.3. The average molecular weight is 551 g/mol. The van der Waals surface area contributed by atoms with E-state index in [-0.39, 0.29) is 17.2 Å². The molecule has 0 aliphatic heterocycles. The number of anilines is 1. The van der Waals surface area contributed by atoms with Gasteiger partial charge in [-0.25, -0.2) is 4.79 Å². The Hall–Kier alpha value is -4.80. The molecule has 0 spiro atoms. The number of halogens is 3. The zero-order chi connectivity index (χ0) is 28.4. The molecule has 0 bridgehead atoms. The molecule has 3 N–H and O–H groups in total. The number of carbonyl (C=O) groups excluding carboxylic acids is 2. The largest absolute Gasteiger partial charge is 0.573 e. The van der Waals surface area contributed by atoms with Crippen LogP contribution < -0.4 is 15.4 Å². The van der Waals surface area contributed by atoms with Crippen LogP contribution in [0.4, 0.5) is 23.7 Å². The summed E-state index contributed by atoms with van der Waals surface area (Å²) in [6, 6.07) is 18.0. The Morgan fingerprint density at radius 3 is 2.48 bits per heavy atom. The molecule has 11 heteroatoms. The lowest BCUT2D eigenvalue weighted by Gasteiger charge is -2.10. The highest BCUT2D eigenvalue weighted by Gasteiger charge is 2.32. The third kappa shape index (κ3) is 6.42. The van der Waals surface area contributed by atoms with Gasteiger partial charge in [0.05, 0.1) is 11.4 Å². The fourth-order valence-corrected chi connectivity index (χ4v) is 4.26. The first-order valence-corrected chi connectivity index (χ1v) is 12.5. The Labute approximate surface area is 227 Å². The molecular formula is C29H25F3N4O4. The van der Waals surface area contributed by atoms with Crippen molar-refractivity contribution in [1.82, 2.24) is 15.1 Å². The fourth-order valence-electron chi connectivity index (χ4n) is 4.26. The number of rotatable bonds is 7. The maximum absolute atomic E-state index is 13.1. The molecule has 1 aliphatic carbocycles. The van der Waals surface area contributed by atoms with Gasteiger partial charge in [-0.1, -0.05) is 29.8 Å². The van der Waals surface area contributed by atoms with Crippen LogP contribution in [-0.2, 0) is 6.54 Å². The summed E-state index contributed by atoms with van der Waals surface area (Å²) in [6.45, 7) is 2.30. The van der Waals surface area contributed by atoms with Gasteiger partial charge < -0.3 is 20.5 Å². The van der Waals surface area contributed by atoms with E-state index in [4.69, 9.17) is 0 Å². The van der Waals surface area contributed by atoms with E-state index < -0.39 is 24.1 Å². The minimum absolute atomic E-state index is 0.0983. The van der Waals surface area contributed by atoms with Gasteiger partial charge in [-0.05, 0) is 73.9 Å². The molecule has 5 rings (SSSR count). The Morgan fingerprint density at radius 2 is 1.80 bits per heavy atom. The van der Waals surface area contributed by atoms with Gasteiger partial charge in [-0.2, -0.15) is 9.78 Å². The molecule has 2 amide bonds. The summed E-state index contributed by atoms with van der Waals surface area (Å²) in [5, 5.41) is 20.6. The van der Waals surface area contributed by atoms with Gasteiger partial charge in [0.15, 0.2) is 0 Å². The van der Waals surface area contributed by atoms with E-state index in [0.717, 1.165) is 41.8 Å². The van der Waals surface area contributed by atoms with Crippen molar-refractivity contribution >= 4 is 17.6 Å². The molecule has 1 heterocycles. The fraction of sp³-hybridized carbons (Fsp3) is 0.207. The number of aromatic nitrogens is 2. The number of alkyl halides is 3. The number of hydrogen-bond acceptors (Lipinski definition) is 5. The van der Waals surface area contributed by atoms with E-state index in [1.54, 1.807) is 6.07 Å². The summed E-state index contributed by atoms with van der Waals surface area (Å²) < 4.78 is 42.3. The quantitative estimate of drug-likeness (QED) is 0.233. The highest BCUT2D eigenvalue weighted by atomic mass is 19.4. The number of hydrogen-bond donors (Lipinski definition) is 3. The van der Waals surface area contributed by atoms with Crippen molar-refractivity contribution in [2.75, 3.05) is 5.32 Å². The first kappa shape index (κ1) is 26.8. The third-order valence-electron chi connectivity index (χ3n) is 6.33. The lowest BCUT2D eigenvalue weighted by molar-refractivity contribution is -0.274. The van der Waals surface area contributed by atoms with Gasteiger partial charge in [0.1, 0.15) is 11.5 Å². The van der Waals surface area contributed by atoms with Crippen LogP contribution in [0.3, 0.4) is 0 Å². The maximum Gasteiger partial charge on any atom is 0.573 e. The number of nitrogens with one attached hydrogen (secondary N) is 2. The Balaban J connectivity index is 1.33. The van der Waals surface area contributed by atoms with Crippen molar-refractivity contribution in [1.29, 1.82) is 0 Å². The number of ether oxygens (including phenoxy) is 1. The molecule has 1 saturated carbocycles. The molecule has 0 saturated heterocycles. The molecule has 3 aromatic carbocycles. The molecule has 206 valence electrons. The second kappa shape index (κ2) is 10.8. The van der Waals surface area contributed by atoms with Crippen LogP contribution >= 0.6 is 0 Å². The minimum atomic E-state index is -4.83. The van der Waals surface area contributed by atoms with Crippen LogP contribution in [0.25, 0.3) is 11.3 Å². The Morgan fingerprint density at radius 1 is 1.05 bits per heavy atom. The Bertz CT molecular complexity index is 1560. The molecule has 1 aliphatic rings. The predicted molar refractivity (Wildman–Crippen MR) is 141 cm³/mol. The van der Waals surface area contributed by atoms with E-state index in [0.29, 0.717) is 23.5 Å². The zero-order valence-electron chi connectivity index (χ0n) is 21.3. The van der Waals surface area contributed by atoms with Gasteiger partial charge in [0.25, 0.3) is 5.91 Å². The highest BCUT2D eigenvalue weighted by Crippen LogP contribution is 2.42. The smallest absolute Gasteiger partial charge is 0.507 e. The number of aromatic hydroxyl groups is 1. The second-order valence-electron chi connectivity index (χ2n) is 9.55. The molecule has 40 heavy (non-hydrogen) atoms. The van der Waals surface area contributed by atoms with E-state index in [2.05, 4.69) is 20.5 Å². The van der Waals surface area contributed by atoms with E-state index in [1.165, 1.54) is 35.0 Å². The van der Waals surface area contributed by atoms with Crippen LogP contribution in [-0.4, -0.2) is 33.2 Å². The van der Waals surface area contributed by atoms with Crippen molar-refractivity contribution in [3.05, 3.63) is 95.2 Å². The number of carbonyl (C=O) groups is 2. The monoisotopic (exact) mass is 550 g/mol. The lowest BCUT2D eigenvalue weighted by Crippen LogP contribution is -2.30. The van der Waals surface area contributed by atoms with Crippen molar-refractivity contribution in [2.45, 2.75) is 38.6 Å². The minimum Gasteiger partial charge on any atom is -0.507 e. The molecular weight excluding hydrogens is 525 g/mol. The molecule has 0 atom stereocenters. The normalized spacial score (nSPS) is 13.1. The predicted octanol–water partition coefficient (Wildman–Crippen LogP) is 6.35. The molecule has 0 radical (unpaired) electrons. The molecule has 0 unspecified atom stereocenters. The first-order chi connectivity index (χ1) is 19.1. The third-order valence-corrected chi connectivity index (χ3v) is 6.33. The van der Waals surface area contributed by atoms with Gasteiger partial charge in [0, 0.05) is 29.3 Å². The van der Waals surface area contributed by atoms with Gasteiger partial charge in [-0.15, -0.1) is 13.2 Å². The van der Waals surface area contributed by atoms with Crippen LogP contribution in [0, 0.1) is 6.92 Å². The maximum atomic E-state index is 13.1. The summed E-state index contributed by atoms with van der Waals surface area (Å²) in [5.41, 5.74) is 3.86. The van der Waals surface area contributed by atoms with Gasteiger partial charge in [-0.3, -0.25) is 4.79 Å². The second-order valence-corrected chi connectivity index (χ2v) is 9.55. The van der Waals surface area contributed by atoms with Crippen molar-refractivity contribution in [2.24, 2.45) is 0 Å². The first-order valence-electron chi connectivity index (χ1n) is 12.5. The van der Waals surface area contributed by atoms with Crippen LogP contribution in [0.1, 0.15) is 45.9 Å². The van der Waals surface area contributed by atoms with Crippen LogP contribution in [0.2, 0.25) is 0 Å². The average Bonchev–Trinajstić information content (AvgIpc) is 3.66. The van der Waals surface area contributed by atoms with Crippen molar-refractivity contribution in [3.63, 3.8) is 0 Å². The summed E-state index contributed by atoms with van der Waals surface area (Å²) in [6.07, 6.45) is -2.99. The summed E-state index contributed by atoms with van der Waals surface area (Å²) >= 11 is 0. The molecule has 4 aromatic rings. The van der Waals surface area contributed by atoms with E-state index >= 15 is 0 Å².